The number of hydrogen-bond acceptors (Lipinski definition) is 2. The Morgan fingerprint density at radius 2 is 2.36 bits per heavy atom. The smallest absolute Gasteiger partial charge is 0.106 e. The van der Waals surface area contributed by atoms with Crippen molar-refractivity contribution in [3.63, 3.8) is 0 Å². The Labute approximate surface area is 66.2 Å². The SMILES string of the molecule is C=C(C)C(O)c1ccoc1C. The first-order chi connectivity index (χ1) is 5.13. The van der Waals surface area contributed by atoms with Gasteiger partial charge in [0.05, 0.1) is 6.26 Å². The molecule has 1 heterocycles. The van der Waals surface area contributed by atoms with Crippen molar-refractivity contribution in [2.75, 3.05) is 0 Å². The van der Waals surface area contributed by atoms with Gasteiger partial charge in [-0.2, -0.15) is 0 Å². The molecule has 0 saturated carbocycles. The van der Waals surface area contributed by atoms with Gasteiger partial charge in [0.25, 0.3) is 0 Å². The summed E-state index contributed by atoms with van der Waals surface area (Å²) < 4.78 is 5.03. The maximum absolute atomic E-state index is 9.51. The largest absolute Gasteiger partial charge is 0.469 e. The summed E-state index contributed by atoms with van der Waals surface area (Å²) in [6.45, 7) is 7.27. The minimum absolute atomic E-state index is 0.589. The van der Waals surface area contributed by atoms with Gasteiger partial charge in [-0.05, 0) is 25.5 Å². The predicted octanol–water partition coefficient (Wildman–Crippen LogP) is 2.20. The Morgan fingerprint density at radius 3 is 2.73 bits per heavy atom. The molecule has 2 heteroatoms. The van der Waals surface area contributed by atoms with Gasteiger partial charge < -0.3 is 9.52 Å². The van der Waals surface area contributed by atoms with E-state index in [1.807, 2.05) is 6.92 Å². The van der Waals surface area contributed by atoms with Gasteiger partial charge in [-0.3, -0.25) is 0 Å². The normalized spacial score (nSPS) is 13.0. The monoisotopic (exact) mass is 152 g/mol. The first kappa shape index (κ1) is 8.08. The molecule has 0 bridgehead atoms. The fourth-order valence-electron chi connectivity index (χ4n) is 0.944. The highest BCUT2D eigenvalue weighted by atomic mass is 16.3. The summed E-state index contributed by atoms with van der Waals surface area (Å²) in [6, 6.07) is 1.76. The van der Waals surface area contributed by atoms with Gasteiger partial charge in [-0.1, -0.05) is 6.58 Å². The highest BCUT2D eigenvalue weighted by Crippen LogP contribution is 2.23. The van der Waals surface area contributed by atoms with Crippen LogP contribution in [0, 0.1) is 6.92 Å². The first-order valence-electron chi connectivity index (χ1n) is 3.50. The molecule has 0 spiro atoms. The topological polar surface area (TPSA) is 33.4 Å². The van der Waals surface area contributed by atoms with Crippen LogP contribution in [0.3, 0.4) is 0 Å². The van der Waals surface area contributed by atoms with E-state index in [1.165, 1.54) is 0 Å². The molecule has 1 unspecified atom stereocenters. The average molecular weight is 152 g/mol. The van der Waals surface area contributed by atoms with Crippen LogP contribution < -0.4 is 0 Å². The van der Waals surface area contributed by atoms with Gasteiger partial charge in [0, 0.05) is 5.56 Å². The zero-order valence-electron chi connectivity index (χ0n) is 6.79. The Balaban J connectivity index is 2.92. The van der Waals surface area contributed by atoms with Gasteiger partial charge in [0.1, 0.15) is 11.9 Å². The number of furan rings is 1. The van der Waals surface area contributed by atoms with E-state index in [2.05, 4.69) is 6.58 Å². The van der Waals surface area contributed by atoms with Crippen LogP contribution in [-0.2, 0) is 0 Å². The lowest BCUT2D eigenvalue weighted by atomic mass is 10.1. The zero-order chi connectivity index (χ0) is 8.43. The van der Waals surface area contributed by atoms with Gasteiger partial charge in [0.15, 0.2) is 0 Å². The molecule has 1 aromatic rings. The Hall–Kier alpha value is -1.02. The molecular formula is C9H12O2. The summed E-state index contributed by atoms with van der Waals surface area (Å²) in [5.74, 6) is 0.750. The van der Waals surface area contributed by atoms with Crippen molar-refractivity contribution < 1.29 is 9.52 Å². The summed E-state index contributed by atoms with van der Waals surface area (Å²) in [5, 5.41) is 9.51. The van der Waals surface area contributed by atoms with Crippen LogP contribution in [-0.4, -0.2) is 5.11 Å². The third kappa shape index (κ3) is 1.52. The minimum Gasteiger partial charge on any atom is -0.469 e. The number of rotatable bonds is 2. The molecule has 0 radical (unpaired) electrons. The van der Waals surface area contributed by atoms with E-state index < -0.39 is 6.10 Å². The van der Waals surface area contributed by atoms with E-state index in [-0.39, 0.29) is 0 Å². The lowest BCUT2D eigenvalue weighted by Crippen LogP contribution is -1.97. The van der Waals surface area contributed by atoms with Crippen LogP contribution in [0.5, 0.6) is 0 Å². The summed E-state index contributed by atoms with van der Waals surface area (Å²) in [5.41, 5.74) is 1.53. The van der Waals surface area contributed by atoms with Gasteiger partial charge in [-0.25, -0.2) is 0 Å². The molecule has 0 aliphatic rings. The highest BCUT2D eigenvalue weighted by molar-refractivity contribution is 5.24. The van der Waals surface area contributed by atoms with Crippen LogP contribution in [0.1, 0.15) is 24.4 Å². The van der Waals surface area contributed by atoms with Crippen LogP contribution >= 0.6 is 0 Å². The van der Waals surface area contributed by atoms with Crippen molar-refractivity contribution >= 4 is 0 Å². The molecular weight excluding hydrogens is 140 g/mol. The number of aliphatic hydroxyl groups excluding tert-OH is 1. The van der Waals surface area contributed by atoms with Gasteiger partial charge in [0.2, 0.25) is 0 Å². The molecule has 0 saturated heterocycles. The number of hydrogen-bond donors (Lipinski definition) is 1. The Kier molecular flexibility index (Phi) is 2.15. The molecule has 1 aromatic heterocycles. The molecule has 0 aliphatic heterocycles. The second kappa shape index (κ2) is 2.93. The van der Waals surface area contributed by atoms with Crippen molar-refractivity contribution in [2.24, 2.45) is 0 Å². The van der Waals surface area contributed by atoms with Gasteiger partial charge >= 0.3 is 0 Å². The van der Waals surface area contributed by atoms with Crippen molar-refractivity contribution in [3.05, 3.63) is 35.8 Å². The predicted molar refractivity (Wildman–Crippen MR) is 43.2 cm³/mol. The zero-order valence-corrected chi connectivity index (χ0v) is 6.79. The van der Waals surface area contributed by atoms with E-state index in [9.17, 15) is 5.11 Å². The third-order valence-electron chi connectivity index (χ3n) is 1.66. The fourth-order valence-corrected chi connectivity index (χ4v) is 0.944. The molecule has 0 fully saturated rings. The molecule has 1 atom stereocenters. The van der Waals surface area contributed by atoms with Crippen molar-refractivity contribution in [1.82, 2.24) is 0 Å². The fraction of sp³-hybridized carbons (Fsp3) is 0.333. The van der Waals surface area contributed by atoms with Crippen LogP contribution in [0.25, 0.3) is 0 Å². The van der Waals surface area contributed by atoms with Crippen molar-refractivity contribution in [2.45, 2.75) is 20.0 Å². The second-order valence-electron chi connectivity index (χ2n) is 2.68. The second-order valence-corrected chi connectivity index (χ2v) is 2.68. The lowest BCUT2D eigenvalue weighted by molar-refractivity contribution is 0.214. The van der Waals surface area contributed by atoms with Gasteiger partial charge in [-0.15, -0.1) is 0 Å². The third-order valence-corrected chi connectivity index (χ3v) is 1.66. The Morgan fingerprint density at radius 1 is 1.73 bits per heavy atom. The number of aliphatic hydroxyl groups is 1. The summed E-state index contributed by atoms with van der Waals surface area (Å²) >= 11 is 0. The maximum atomic E-state index is 9.51. The van der Waals surface area contributed by atoms with E-state index in [0.717, 1.165) is 16.9 Å². The van der Waals surface area contributed by atoms with Crippen LogP contribution in [0.15, 0.2) is 28.9 Å². The van der Waals surface area contributed by atoms with Crippen molar-refractivity contribution in [3.8, 4) is 0 Å². The molecule has 2 nitrogen and oxygen atoms in total. The molecule has 60 valence electrons. The maximum Gasteiger partial charge on any atom is 0.106 e. The molecule has 0 amide bonds. The van der Waals surface area contributed by atoms with Crippen molar-refractivity contribution in [1.29, 1.82) is 0 Å². The highest BCUT2D eigenvalue weighted by Gasteiger charge is 2.12. The molecule has 1 rings (SSSR count). The molecule has 0 aliphatic carbocycles. The lowest BCUT2D eigenvalue weighted by Gasteiger charge is -2.07. The Bertz CT molecular complexity index is 260. The van der Waals surface area contributed by atoms with Crippen LogP contribution in [0.4, 0.5) is 0 Å². The molecule has 1 N–H and O–H groups in total. The summed E-state index contributed by atoms with van der Waals surface area (Å²) in [7, 11) is 0. The molecule has 11 heavy (non-hydrogen) atoms. The first-order valence-corrected chi connectivity index (χ1v) is 3.50. The molecule has 0 aromatic carbocycles. The average Bonchev–Trinajstić information content (AvgIpc) is 2.33. The van der Waals surface area contributed by atoms with E-state index in [0.29, 0.717) is 0 Å². The van der Waals surface area contributed by atoms with E-state index in [1.54, 1.807) is 19.3 Å². The number of aryl methyl sites for hydroxylation is 1. The van der Waals surface area contributed by atoms with E-state index >= 15 is 0 Å². The quantitative estimate of drug-likeness (QED) is 0.659. The standard InChI is InChI=1S/C9H12O2/c1-6(2)9(10)8-4-5-11-7(8)3/h4-5,9-10H,1H2,2-3H3. The van der Waals surface area contributed by atoms with Crippen LogP contribution in [0.2, 0.25) is 0 Å². The summed E-state index contributed by atoms with van der Waals surface area (Å²) in [6.07, 6.45) is 0.977. The van der Waals surface area contributed by atoms with E-state index in [4.69, 9.17) is 4.42 Å². The summed E-state index contributed by atoms with van der Waals surface area (Å²) in [4.78, 5) is 0. The minimum atomic E-state index is -0.589.